The molecule has 4 aromatic carbocycles. The number of carbonyl (C=O) groups is 2. The molecule has 240 valence electrons. The molecule has 0 bridgehead atoms. The highest BCUT2D eigenvalue weighted by molar-refractivity contribution is 7.92. The van der Waals surface area contributed by atoms with Gasteiger partial charge in [-0.05, 0) is 42.2 Å². The SMILES string of the molecule is Cc1ccc(CN(C(=O)CN(c2cccc([N+](=O)[O-])c2)S(=O)(=O)c2ccccc2)C(Cc2ccccc2)C(=O)NCC(C)C)cc1. The number of nitro groups is 1. The van der Waals surface area contributed by atoms with Crippen LogP contribution in [-0.4, -0.2) is 49.2 Å². The summed E-state index contributed by atoms with van der Waals surface area (Å²) in [6, 6.07) is 28.5. The molecular weight excluding hydrogens is 604 g/mol. The molecule has 1 unspecified atom stereocenters. The van der Waals surface area contributed by atoms with Crippen LogP contribution in [0.5, 0.6) is 0 Å². The van der Waals surface area contributed by atoms with E-state index in [0.717, 1.165) is 27.1 Å². The van der Waals surface area contributed by atoms with Crippen LogP contribution in [-0.2, 0) is 32.6 Å². The number of nitrogens with one attached hydrogen (secondary N) is 1. The fraction of sp³-hybridized carbons (Fsp3) is 0.257. The van der Waals surface area contributed by atoms with Crippen molar-refractivity contribution in [3.05, 3.63) is 136 Å². The number of carbonyl (C=O) groups excluding carboxylic acids is 2. The van der Waals surface area contributed by atoms with Crippen LogP contribution in [0.1, 0.15) is 30.5 Å². The molecule has 0 spiro atoms. The number of sulfonamides is 1. The Morgan fingerprint density at radius 2 is 1.48 bits per heavy atom. The molecule has 4 rings (SSSR count). The summed E-state index contributed by atoms with van der Waals surface area (Å²) in [7, 11) is -4.37. The molecule has 1 atom stereocenters. The van der Waals surface area contributed by atoms with Crippen LogP contribution >= 0.6 is 0 Å². The van der Waals surface area contributed by atoms with Gasteiger partial charge in [-0.15, -0.1) is 0 Å². The zero-order chi connectivity index (χ0) is 33.3. The molecule has 0 aliphatic heterocycles. The van der Waals surface area contributed by atoms with E-state index in [0.29, 0.717) is 6.54 Å². The van der Waals surface area contributed by atoms with Crippen molar-refractivity contribution in [1.82, 2.24) is 10.2 Å². The highest BCUT2D eigenvalue weighted by Gasteiger charge is 2.35. The number of benzene rings is 4. The first-order chi connectivity index (χ1) is 22.0. The van der Waals surface area contributed by atoms with E-state index in [2.05, 4.69) is 5.32 Å². The van der Waals surface area contributed by atoms with E-state index in [1.807, 2.05) is 75.4 Å². The average molecular weight is 643 g/mol. The van der Waals surface area contributed by atoms with E-state index in [4.69, 9.17) is 0 Å². The highest BCUT2D eigenvalue weighted by Crippen LogP contribution is 2.28. The van der Waals surface area contributed by atoms with Gasteiger partial charge < -0.3 is 10.2 Å². The lowest BCUT2D eigenvalue weighted by Gasteiger charge is -2.34. The van der Waals surface area contributed by atoms with Crippen LogP contribution in [0.3, 0.4) is 0 Å². The van der Waals surface area contributed by atoms with Gasteiger partial charge in [0, 0.05) is 31.6 Å². The van der Waals surface area contributed by atoms with Crippen molar-refractivity contribution in [3.8, 4) is 0 Å². The standard InChI is InChI=1S/C35H38N4O6S/c1-26(2)23-36-35(41)33(21-28-11-6-4-7-12-28)37(24-29-19-17-27(3)18-20-29)34(40)25-38(30-13-10-14-31(22-30)39(42)43)46(44,45)32-15-8-5-9-16-32/h4-20,22,26,33H,21,23-25H2,1-3H3,(H,36,41). The van der Waals surface area contributed by atoms with Gasteiger partial charge in [0.05, 0.1) is 15.5 Å². The molecule has 0 aliphatic carbocycles. The minimum Gasteiger partial charge on any atom is -0.354 e. The molecule has 0 aromatic heterocycles. The molecule has 0 saturated heterocycles. The Kier molecular flexibility index (Phi) is 11.3. The van der Waals surface area contributed by atoms with Gasteiger partial charge in [0.15, 0.2) is 0 Å². The molecule has 0 radical (unpaired) electrons. The van der Waals surface area contributed by atoms with Crippen LogP contribution in [0.25, 0.3) is 0 Å². The van der Waals surface area contributed by atoms with Gasteiger partial charge in [0.25, 0.3) is 15.7 Å². The van der Waals surface area contributed by atoms with Gasteiger partial charge in [-0.25, -0.2) is 8.42 Å². The predicted molar refractivity (Wildman–Crippen MR) is 178 cm³/mol. The topological polar surface area (TPSA) is 130 Å². The van der Waals surface area contributed by atoms with Crippen molar-refractivity contribution in [3.63, 3.8) is 0 Å². The molecule has 0 fully saturated rings. The second-order valence-electron chi connectivity index (χ2n) is 11.5. The lowest BCUT2D eigenvalue weighted by molar-refractivity contribution is -0.384. The van der Waals surface area contributed by atoms with Gasteiger partial charge >= 0.3 is 0 Å². The highest BCUT2D eigenvalue weighted by atomic mass is 32.2. The summed E-state index contributed by atoms with van der Waals surface area (Å²) in [6.45, 7) is 5.58. The summed E-state index contributed by atoms with van der Waals surface area (Å²) in [5, 5.41) is 14.6. The monoisotopic (exact) mass is 642 g/mol. The minimum atomic E-state index is -4.37. The van der Waals surface area contributed by atoms with E-state index in [9.17, 15) is 28.1 Å². The van der Waals surface area contributed by atoms with Crippen molar-refractivity contribution in [1.29, 1.82) is 0 Å². The molecule has 46 heavy (non-hydrogen) atoms. The van der Waals surface area contributed by atoms with Crippen molar-refractivity contribution in [2.45, 2.75) is 44.7 Å². The fourth-order valence-corrected chi connectivity index (χ4v) is 6.30. The summed E-state index contributed by atoms with van der Waals surface area (Å²) >= 11 is 0. The number of hydrogen-bond donors (Lipinski definition) is 1. The van der Waals surface area contributed by atoms with Crippen LogP contribution in [0.4, 0.5) is 11.4 Å². The molecular formula is C35H38N4O6S. The smallest absolute Gasteiger partial charge is 0.271 e. The zero-order valence-electron chi connectivity index (χ0n) is 26.1. The molecule has 11 heteroatoms. The first-order valence-corrected chi connectivity index (χ1v) is 16.4. The van der Waals surface area contributed by atoms with Crippen molar-refractivity contribution >= 4 is 33.2 Å². The summed E-state index contributed by atoms with van der Waals surface area (Å²) in [5.74, 6) is -0.860. The van der Waals surface area contributed by atoms with E-state index >= 15 is 0 Å². The van der Waals surface area contributed by atoms with Crippen LogP contribution in [0, 0.1) is 23.0 Å². The summed E-state index contributed by atoms with van der Waals surface area (Å²) in [5.41, 5.74) is 2.21. The van der Waals surface area contributed by atoms with E-state index in [1.54, 1.807) is 18.2 Å². The Bertz CT molecular complexity index is 1750. The quantitative estimate of drug-likeness (QED) is 0.143. The second kappa shape index (κ2) is 15.3. The molecule has 10 nitrogen and oxygen atoms in total. The van der Waals surface area contributed by atoms with Crippen molar-refractivity contribution in [2.75, 3.05) is 17.4 Å². The molecule has 4 aromatic rings. The zero-order valence-corrected chi connectivity index (χ0v) is 26.9. The Morgan fingerprint density at radius 3 is 2.09 bits per heavy atom. The molecule has 0 heterocycles. The fourth-order valence-electron chi connectivity index (χ4n) is 4.88. The Labute approximate surface area is 269 Å². The van der Waals surface area contributed by atoms with Gasteiger partial charge in [-0.3, -0.25) is 24.0 Å². The third-order valence-corrected chi connectivity index (χ3v) is 9.16. The summed E-state index contributed by atoms with van der Waals surface area (Å²) < 4.78 is 29.0. The number of non-ortho nitro benzene ring substituents is 1. The second-order valence-corrected chi connectivity index (χ2v) is 13.3. The predicted octanol–water partition coefficient (Wildman–Crippen LogP) is 5.51. The third-order valence-electron chi connectivity index (χ3n) is 7.37. The number of nitrogens with zero attached hydrogens (tertiary/aromatic N) is 3. The number of nitro benzene ring substituents is 1. The molecule has 0 aliphatic rings. The average Bonchev–Trinajstić information content (AvgIpc) is 3.05. The summed E-state index contributed by atoms with van der Waals surface area (Å²) in [4.78, 5) is 40.6. The van der Waals surface area contributed by atoms with Crippen LogP contribution in [0.2, 0.25) is 0 Å². The van der Waals surface area contributed by atoms with Gasteiger partial charge in [-0.1, -0.05) is 98.3 Å². The van der Waals surface area contributed by atoms with Gasteiger partial charge in [0.1, 0.15) is 12.6 Å². The number of rotatable bonds is 14. The van der Waals surface area contributed by atoms with E-state index < -0.39 is 33.4 Å². The molecule has 2 amide bonds. The summed E-state index contributed by atoms with van der Waals surface area (Å²) in [6.07, 6.45) is 0.185. The normalized spacial score (nSPS) is 11.9. The maximum Gasteiger partial charge on any atom is 0.271 e. The Balaban J connectivity index is 1.82. The number of hydrogen-bond acceptors (Lipinski definition) is 6. The third kappa shape index (κ3) is 8.79. The van der Waals surface area contributed by atoms with Gasteiger partial charge in [-0.2, -0.15) is 0 Å². The Morgan fingerprint density at radius 1 is 0.848 bits per heavy atom. The van der Waals surface area contributed by atoms with E-state index in [-0.39, 0.29) is 41.1 Å². The van der Waals surface area contributed by atoms with Crippen LogP contribution < -0.4 is 9.62 Å². The van der Waals surface area contributed by atoms with Crippen LogP contribution in [0.15, 0.2) is 114 Å². The number of anilines is 1. The number of aryl methyl sites for hydroxylation is 1. The first-order valence-electron chi connectivity index (χ1n) is 14.9. The minimum absolute atomic E-state index is 0.0277. The number of amides is 2. The molecule has 1 N–H and O–H groups in total. The maximum atomic E-state index is 14.5. The van der Waals surface area contributed by atoms with Gasteiger partial charge in [0.2, 0.25) is 11.8 Å². The lowest BCUT2D eigenvalue weighted by atomic mass is 10.0. The lowest BCUT2D eigenvalue weighted by Crippen LogP contribution is -2.53. The van der Waals surface area contributed by atoms with Crippen molar-refractivity contribution in [2.24, 2.45) is 5.92 Å². The molecule has 0 saturated carbocycles. The maximum absolute atomic E-state index is 14.5. The first kappa shape index (κ1) is 33.9. The largest absolute Gasteiger partial charge is 0.354 e. The Hall–Kier alpha value is -5.03. The van der Waals surface area contributed by atoms with Crippen molar-refractivity contribution < 1.29 is 22.9 Å². The van der Waals surface area contributed by atoms with E-state index in [1.165, 1.54) is 35.2 Å².